The van der Waals surface area contributed by atoms with Gasteiger partial charge in [0.25, 0.3) is 0 Å². The molecule has 0 radical (unpaired) electrons. The monoisotopic (exact) mass is 400 g/mol. The number of rotatable bonds is 5. The Kier molecular flexibility index (Phi) is 4.76. The summed E-state index contributed by atoms with van der Waals surface area (Å²) in [6, 6.07) is 11.1. The van der Waals surface area contributed by atoms with Crippen LogP contribution in [0.3, 0.4) is 0 Å². The van der Waals surface area contributed by atoms with Gasteiger partial charge in [0.1, 0.15) is 5.65 Å². The molecule has 0 atom stereocenters. The maximum atomic E-state index is 12.7. The van der Waals surface area contributed by atoms with Crippen molar-refractivity contribution in [2.75, 3.05) is 39.2 Å². The molecule has 0 bridgehead atoms. The minimum absolute atomic E-state index is 0.277. The highest BCUT2D eigenvalue weighted by Gasteiger charge is 2.23. The van der Waals surface area contributed by atoms with Gasteiger partial charge in [-0.15, -0.1) is 0 Å². The first-order valence-corrected chi connectivity index (χ1v) is 10.7. The van der Waals surface area contributed by atoms with E-state index in [0.29, 0.717) is 11.5 Å². The average molecular weight is 401 g/mol. The molecule has 1 aliphatic rings. The zero-order valence-electron chi connectivity index (χ0n) is 16.3. The van der Waals surface area contributed by atoms with Crippen LogP contribution in [0.2, 0.25) is 0 Å². The molecule has 3 aromatic rings. The molecule has 2 aromatic heterocycles. The van der Waals surface area contributed by atoms with E-state index in [4.69, 9.17) is 4.74 Å². The van der Waals surface area contributed by atoms with Crippen molar-refractivity contribution < 1.29 is 13.2 Å². The molecule has 1 N–H and O–H groups in total. The molecule has 1 aliphatic heterocycles. The van der Waals surface area contributed by atoms with E-state index in [9.17, 15) is 8.42 Å². The molecule has 1 aromatic carbocycles. The summed E-state index contributed by atoms with van der Waals surface area (Å²) in [4.78, 5) is 10.4. The normalized spacial score (nSPS) is 14.9. The molecule has 3 heterocycles. The van der Waals surface area contributed by atoms with E-state index in [2.05, 4.69) is 14.9 Å². The van der Waals surface area contributed by atoms with Crippen molar-refractivity contribution in [1.82, 2.24) is 14.3 Å². The van der Waals surface area contributed by atoms with E-state index in [0.717, 1.165) is 48.3 Å². The molecule has 4 rings (SSSR count). The predicted octanol–water partition coefficient (Wildman–Crippen LogP) is 3.09. The molecule has 28 heavy (non-hydrogen) atoms. The van der Waals surface area contributed by atoms with Crippen molar-refractivity contribution in [3.05, 3.63) is 36.4 Å². The maximum Gasteiger partial charge on any atom is 0.242 e. The lowest BCUT2D eigenvalue weighted by atomic mass is 10.1. The Balaban J connectivity index is 1.89. The number of H-pyrrole nitrogens is 1. The second-order valence-electron chi connectivity index (χ2n) is 7.13. The number of aromatic nitrogens is 2. The van der Waals surface area contributed by atoms with Gasteiger partial charge in [-0.1, -0.05) is 0 Å². The highest BCUT2D eigenvalue weighted by Crippen LogP contribution is 2.36. The van der Waals surface area contributed by atoms with Gasteiger partial charge in [0.05, 0.1) is 12.0 Å². The van der Waals surface area contributed by atoms with Crippen LogP contribution in [0.4, 0.5) is 5.69 Å². The van der Waals surface area contributed by atoms with Crippen molar-refractivity contribution in [1.29, 1.82) is 0 Å². The molecule has 0 saturated carbocycles. The Hall–Kier alpha value is -2.58. The Morgan fingerprint density at radius 3 is 2.54 bits per heavy atom. The summed E-state index contributed by atoms with van der Waals surface area (Å²) in [5.41, 5.74) is 3.45. The summed E-state index contributed by atoms with van der Waals surface area (Å²) in [6.45, 7) is 1.94. The fourth-order valence-corrected chi connectivity index (χ4v) is 4.51. The maximum absolute atomic E-state index is 12.7. The molecule has 0 amide bonds. The topological polar surface area (TPSA) is 78.5 Å². The van der Waals surface area contributed by atoms with Crippen LogP contribution in [0.1, 0.15) is 12.8 Å². The summed E-state index contributed by atoms with van der Waals surface area (Å²) in [5, 5.41) is 0.948. The van der Waals surface area contributed by atoms with Crippen LogP contribution >= 0.6 is 0 Å². The standard InChI is InChI=1S/C20H24N4O3S/c1-23(2)28(25,26)15-7-8-18(24-10-4-5-11-24)16(13-15)17-12-14-6-9-19(27-3)22-20(14)21-17/h6-9,12-13H,4-5,10-11H2,1-3H3,(H,21,22). The first-order chi connectivity index (χ1) is 13.4. The van der Waals surface area contributed by atoms with Crippen molar-refractivity contribution in [3.8, 4) is 17.1 Å². The lowest BCUT2D eigenvalue weighted by molar-refractivity contribution is 0.399. The quantitative estimate of drug-likeness (QED) is 0.712. The fourth-order valence-electron chi connectivity index (χ4n) is 3.58. The van der Waals surface area contributed by atoms with E-state index >= 15 is 0 Å². The van der Waals surface area contributed by atoms with E-state index in [1.165, 1.54) is 4.31 Å². The zero-order valence-corrected chi connectivity index (χ0v) is 17.1. The highest BCUT2D eigenvalue weighted by molar-refractivity contribution is 7.89. The Labute approximate surface area is 165 Å². The van der Waals surface area contributed by atoms with Gasteiger partial charge in [-0.3, -0.25) is 0 Å². The third-order valence-corrected chi connectivity index (χ3v) is 6.96. The third-order valence-electron chi connectivity index (χ3n) is 5.15. The summed E-state index contributed by atoms with van der Waals surface area (Å²) in [7, 11) is 1.15. The molecule has 0 aliphatic carbocycles. The van der Waals surface area contributed by atoms with E-state index in [1.54, 1.807) is 33.3 Å². The van der Waals surface area contributed by atoms with Gasteiger partial charge in [-0.25, -0.2) is 12.7 Å². The van der Waals surface area contributed by atoms with Crippen LogP contribution < -0.4 is 9.64 Å². The minimum Gasteiger partial charge on any atom is -0.481 e. The first kappa shape index (κ1) is 18.8. The number of hydrogen-bond acceptors (Lipinski definition) is 5. The predicted molar refractivity (Wildman–Crippen MR) is 110 cm³/mol. The number of anilines is 1. The Morgan fingerprint density at radius 2 is 1.86 bits per heavy atom. The van der Waals surface area contributed by atoms with Gasteiger partial charge < -0.3 is 14.6 Å². The van der Waals surface area contributed by atoms with E-state index in [1.807, 2.05) is 24.3 Å². The summed E-state index contributed by atoms with van der Waals surface area (Å²) in [6.07, 6.45) is 2.28. The largest absolute Gasteiger partial charge is 0.481 e. The number of ether oxygens (including phenoxy) is 1. The molecule has 1 fully saturated rings. The molecular weight excluding hydrogens is 376 g/mol. The molecule has 1 saturated heterocycles. The van der Waals surface area contributed by atoms with Crippen LogP contribution in [0.5, 0.6) is 5.88 Å². The summed E-state index contributed by atoms with van der Waals surface area (Å²) in [5.74, 6) is 0.532. The fraction of sp³-hybridized carbons (Fsp3) is 0.350. The third kappa shape index (κ3) is 3.22. The van der Waals surface area contributed by atoms with Gasteiger partial charge in [-0.2, -0.15) is 4.98 Å². The number of sulfonamides is 1. The van der Waals surface area contributed by atoms with E-state index in [-0.39, 0.29) is 4.90 Å². The molecule has 0 spiro atoms. The van der Waals surface area contributed by atoms with Crippen LogP contribution in [0, 0.1) is 0 Å². The number of nitrogens with zero attached hydrogens (tertiary/aromatic N) is 3. The number of nitrogens with one attached hydrogen (secondary N) is 1. The minimum atomic E-state index is -3.52. The van der Waals surface area contributed by atoms with Gasteiger partial charge in [0, 0.05) is 55.6 Å². The molecular formula is C20H24N4O3S. The van der Waals surface area contributed by atoms with Crippen LogP contribution in [-0.4, -0.2) is 57.0 Å². The smallest absolute Gasteiger partial charge is 0.242 e. The molecule has 8 heteroatoms. The highest BCUT2D eigenvalue weighted by atomic mass is 32.2. The molecule has 7 nitrogen and oxygen atoms in total. The Bertz CT molecular complexity index is 1120. The summed E-state index contributed by atoms with van der Waals surface area (Å²) >= 11 is 0. The second kappa shape index (κ2) is 7.10. The number of aromatic amines is 1. The number of benzene rings is 1. The van der Waals surface area contributed by atoms with Gasteiger partial charge >= 0.3 is 0 Å². The summed E-state index contributed by atoms with van der Waals surface area (Å²) < 4.78 is 31.8. The number of hydrogen-bond donors (Lipinski definition) is 1. The van der Waals surface area contributed by atoms with Crippen LogP contribution in [0.15, 0.2) is 41.3 Å². The first-order valence-electron chi connectivity index (χ1n) is 9.26. The van der Waals surface area contributed by atoms with Crippen molar-refractivity contribution in [3.63, 3.8) is 0 Å². The Morgan fingerprint density at radius 1 is 1.11 bits per heavy atom. The van der Waals surface area contributed by atoms with Crippen LogP contribution in [0.25, 0.3) is 22.3 Å². The number of pyridine rings is 1. The van der Waals surface area contributed by atoms with Gasteiger partial charge in [0.15, 0.2) is 0 Å². The van der Waals surface area contributed by atoms with Crippen LogP contribution in [-0.2, 0) is 10.0 Å². The zero-order chi connectivity index (χ0) is 19.9. The average Bonchev–Trinajstić information content (AvgIpc) is 3.36. The molecule has 148 valence electrons. The lowest BCUT2D eigenvalue weighted by Gasteiger charge is -2.22. The second-order valence-corrected chi connectivity index (χ2v) is 9.29. The van der Waals surface area contributed by atoms with Crippen molar-refractivity contribution >= 4 is 26.7 Å². The van der Waals surface area contributed by atoms with Crippen molar-refractivity contribution in [2.24, 2.45) is 0 Å². The number of fused-ring (bicyclic) bond motifs is 1. The molecule has 0 unspecified atom stereocenters. The number of methoxy groups -OCH3 is 1. The van der Waals surface area contributed by atoms with Gasteiger partial charge in [0.2, 0.25) is 15.9 Å². The van der Waals surface area contributed by atoms with Gasteiger partial charge in [-0.05, 0) is 43.2 Å². The lowest BCUT2D eigenvalue weighted by Crippen LogP contribution is -2.23. The van der Waals surface area contributed by atoms with Crippen molar-refractivity contribution in [2.45, 2.75) is 17.7 Å². The van der Waals surface area contributed by atoms with E-state index < -0.39 is 10.0 Å². The SMILES string of the molecule is COc1ccc2cc(-c3cc(S(=O)(=O)N(C)C)ccc3N3CCCC3)[nH]c2n1.